The first-order chi connectivity index (χ1) is 20.0. The van der Waals surface area contributed by atoms with Crippen LogP contribution in [0.25, 0.3) is 27.6 Å². The molecule has 2 saturated heterocycles. The predicted octanol–water partition coefficient (Wildman–Crippen LogP) is 2.74. The summed E-state index contributed by atoms with van der Waals surface area (Å²) in [5, 5.41) is 4.62. The Morgan fingerprint density at radius 1 is 1.02 bits per heavy atom. The quantitative estimate of drug-likeness (QED) is 0.380. The number of nitrogens with one attached hydrogen (secondary N) is 1. The minimum Gasteiger partial charge on any atom is -0.493 e. The lowest BCUT2D eigenvalue weighted by Crippen LogP contribution is -2.41. The van der Waals surface area contributed by atoms with Gasteiger partial charge in [-0.3, -0.25) is 9.36 Å². The second kappa shape index (κ2) is 11.1. The maximum Gasteiger partial charge on any atom is 0.337 e. The molecule has 2 aromatic carbocycles. The average Bonchev–Trinajstić information content (AvgIpc) is 3.01. The summed E-state index contributed by atoms with van der Waals surface area (Å²) in [4.78, 5) is 40.1. The van der Waals surface area contributed by atoms with Gasteiger partial charge in [0, 0.05) is 31.1 Å². The third kappa shape index (κ3) is 4.62. The van der Waals surface area contributed by atoms with Crippen molar-refractivity contribution in [1.29, 1.82) is 0 Å². The summed E-state index contributed by atoms with van der Waals surface area (Å²) in [6.07, 6.45) is 1.86. The van der Waals surface area contributed by atoms with Crippen LogP contribution >= 0.6 is 0 Å². The smallest absolute Gasteiger partial charge is 0.337 e. The molecule has 0 aliphatic carbocycles. The first kappa shape index (κ1) is 27.2. The van der Waals surface area contributed by atoms with Crippen molar-refractivity contribution in [2.75, 3.05) is 58.5 Å². The SMILES string of the molecule is CCn1c(=O)c2c(C3CCNCC3)c(C)ccc2n(-c2nc(N3CCOCC3)nc3cc(OC)c(OC)cc23)c1=O. The summed E-state index contributed by atoms with van der Waals surface area (Å²) in [5.74, 6) is 2.13. The largest absolute Gasteiger partial charge is 0.493 e. The van der Waals surface area contributed by atoms with Crippen LogP contribution in [0.3, 0.4) is 0 Å². The van der Waals surface area contributed by atoms with Gasteiger partial charge in [-0.25, -0.2) is 14.3 Å². The molecule has 11 nitrogen and oxygen atoms in total. The Morgan fingerprint density at radius 2 is 1.73 bits per heavy atom. The number of morpholine rings is 1. The second-order valence-electron chi connectivity index (χ2n) is 10.6. The first-order valence-electron chi connectivity index (χ1n) is 14.2. The van der Waals surface area contributed by atoms with Gasteiger partial charge in [0.25, 0.3) is 5.56 Å². The number of anilines is 1. The van der Waals surface area contributed by atoms with Crippen molar-refractivity contribution in [3.63, 3.8) is 0 Å². The van der Waals surface area contributed by atoms with E-state index in [0.29, 0.717) is 71.4 Å². The maximum absolute atomic E-state index is 14.2. The van der Waals surface area contributed by atoms with Gasteiger partial charge in [0.2, 0.25) is 5.95 Å². The van der Waals surface area contributed by atoms with Crippen LogP contribution in [-0.4, -0.2) is 72.7 Å². The molecule has 4 aromatic rings. The van der Waals surface area contributed by atoms with Crippen molar-refractivity contribution >= 4 is 27.8 Å². The van der Waals surface area contributed by atoms with Crippen molar-refractivity contribution in [1.82, 2.24) is 24.4 Å². The highest BCUT2D eigenvalue weighted by Gasteiger charge is 2.27. The van der Waals surface area contributed by atoms with Crippen molar-refractivity contribution in [3.05, 3.63) is 56.2 Å². The maximum atomic E-state index is 14.2. The number of benzene rings is 2. The summed E-state index contributed by atoms with van der Waals surface area (Å²) < 4.78 is 19.7. The van der Waals surface area contributed by atoms with Gasteiger partial charge in [-0.15, -0.1) is 0 Å². The Morgan fingerprint density at radius 3 is 2.41 bits per heavy atom. The highest BCUT2D eigenvalue weighted by atomic mass is 16.5. The molecule has 216 valence electrons. The molecule has 1 N–H and O–H groups in total. The highest BCUT2D eigenvalue weighted by Crippen LogP contribution is 2.36. The van der Waals surface area contributed by atoms with Crippen LogP contribution in [0.2, 0.25) is 0 Å². The molecular formula is C30H36N6O5. The Kier molecular flexibility index (Phi) is 7.39. The van der Waals surface area contributed by atoms with Gasteiger partial charge in [0.15, 0.2) is 17.3 Å². The lowest BCUT2D eigenvalue weighted by atomic mass is 9.85. The lowest BCUT2D eigenvalue weighted by Gasteiger charge is -2.28. The predicted molar refractivity (Wildman–Crippen MR) is 158 cm³/mol. The van der Waals surface area contributed by atoms with Crippen LogP contribution < -0.4 is 30.9 Å². The molecular weight excluding hydrogens is 524 g/mol. The summed E-state index contributed by atoms with van der Waals surface area (Å²) in [6.45, 7) is 8.27. The zero-order chi connectivity index (χ0) is 28.7. The van der Waals surface area contributed by atoms with Crippen molar-refractivity contribution in [2.45, 2.75) is 39.2 Å². The second-order valence-corrected chi connectivity index (χ2v) is 10.6. The zero-order valence-electron chi connectivity index (χ0n) is 24.0. The lowest BCUT2D eigenvalue weighted by molar-refractivity contribution is 0.122. The third-order valence-corrected chi connectivity index (χ3v) is 8.30. The van der Waals surface area contributed by atoms with E-state index < -0.39 is 5.69 Å². The standard InChI is InChI=1S/C30H36N6O5/c1-5-35-28(37)26-22(7-6-18(2)25(26)19-8-10-31-11-9-19)36(30(35)38)27-20-16-23(39-3)24(40-4)17-21(20)32-29(33-27)34-12-14-41-15-13-34/h6-7,16-17,19,31H,5,8-15H2,1-4H3. The van der Waals surface area contributed by atoms with Gasteiger partial charge in [0.05, 0.1) is 43.9 Å². The van der Waals surface area contributed by atoms with E-state index in [2.05, 4.69) is 17.1 Å². The molecule has 41 heavy (non-hydrogen) atoms. The Bertz CT molecular complexity index is 1730. The van der Waals surface area contributed by atoms with E-state index in [1.807, 2.05) is 19.1 Å². The van der Waals surface area contributed by atoms with E-state index in [1.54, 1.807) is 30.9 Å². The molecule has 2 aromatic heterocycles. The summed E-state index contributed by atoms with van der Waals surface area (Å²) in [6, 6.07) is 7.49. The third-order valence-electron chi connectivity index (χ3n) is 8.30. The number of aryl methyl sites for hydroxylation is 1. The zero-order valence-corrected chi connectivity index (χ0v) is 24.0. The van der Waals surface area contributed by atoms with Gasteiger partial charge in [-0.1, -0.05) is 6.07 Å². The molecule has 6 rings (SSSR count). The Hall–Kier alpha value is -3.96. The molecule has 0 radical (unpaired) electrons. The van der Waals surface area contributed by atoms with E-state index in [9.17, 15) is 9.59 Å². The van der Waals surface area contributed by atoms with E-state index in [4.69, 9.17) is 24.2 Å². The number of hydrogen-bond acceptors (Lipinski definition) is 9. The van der Waals surface area contributed by atoms with Crippen molar-refractivity contribution in [2.24, 2.45) is 0 Å². The van der Waals surface area contributed by atoms with Gasteiger partial charge in [-0.05, 0) is 69.0 Å². The molecule has 0 unspecified atom stereocenters. The molecule has 11 heteroatoms. The van der Waals surface area contributed by atoms with Crippen LogP contribution in [0.5, 0.6) is 11.5 Å². The number of fused-ring (bicyclic) bond motifs is 2. The monoisotopic (exact) mass is 560 g/mol. The summed E-state index contributed by atoms with van der Waals surface area (Å²) >= 11 is 0. The number of hydrogen-bond donors (Lipinski definition) is 1. The highest BCUT2D eigenvalue weighted by molar-refractivity contribution is 5.92. The van der Waals surface area contributed by atoms with Gasteiger partial charge in [0.1, 0.15) is 0 Å². The molecule has 2 aliphatic heterocycles. The number of methoxy groups -OCH3 is 2. The van der Waals surface area contributed by atoms with Crippen molar-refractivity contribution < 1.29 is 14.2 Å². The van der Waals surface area contributed by atoms with E-state index in [0.717, 1.165) is 37.1 Å². The average molecular weight is 561 g/mol. The molecule has 0 saturated carbocycles. The summed E-state index contributed by atoms with van der Waals surface area (Å²) in [7, 11) is 3.15. The van der Waals surface area contributed by atoms with Crippen LogP contribution in [0.4, 0.5) is 5.95 Å². The van der Waals surface area contributed by atoms with E-state index in [-0.39, 0.29) is 18.0 Å². The molecule has 4 heterocycles. The minimum absolute atomic E-state index is 0.222. The van der Waals surface area contributed by atoms with Gasteiger partial charge >= 0.3 is 5.69 Å². The molecule has 0 amide bonds. The number of nitrogens with zero attached hydrogens (tertiary/aromatic N) is 5. The molecule has 0 atom stereocenters. The topological polar surface area (TPSA) is 113 Å². The Balaban J connectivity index is 1.73. The molecule has 2 aliphatic rings. The first-order valence-corrected chi connectivity index (χ1v) is 14.2. The fourth-order valence-electron chi connectivity index (χ4n) is 6.19. The van der Waals surface area contributed by atoms with Crippen LogP contribution in [-0.2, 0) is 11.3 Å². The molecule has 2 fully saturated rings. The van der Waals surface area contributed by atoms with Crippen LogP contribution in [0.15, 0.2) is 33.9 Å². The summed E-state index contributed by atoms with van der Waals surface area (Å²) in [5.41, 5.74) is 2.54. The van der Waals surface area contributed by atoms with E-state index in [1.165, 1.54) is 4.57 Å². The number of rotatable bonds is 6. The van der Waals surface area contributed by atoms with Gasteiger partial charge < -0.3 is 24.4 Å². The minimum atomic E-state index is -0.437. The molecule has 0 spiro atoms. The fourth-order valence-corrected chi connectivity index (χ4v) is 6.19. The van der Waals surface area contributed by atoms with Crippen molar-refractivity contribution in [3.8, 4) is 17.3 Å². The van der Waals surface area contributed by atoms with Crippen LogP contribution in [0.1, 0.15) is 36.8 Å². The number of ether oxygens (including phenoxy) is 3. The molecule has 0 bridgehead atoms. The normalized spacial score (nSPS) is 16.4. The number of aromatic nitrogens is 4. The number of piperidine rings is 1. The fraction of sp³-hybridized carbons (Fsp3) is 0.467. The van der Waals surface area contributed by atoms with Gasteiger partial charge in [-0.2, -0.15) is 4.98 Å². The Labute approximate surface area is 237 Å². The van der Waals surface area contributed by atoms with E-state index >= 15 is 0 Å². The van der Waals surface area contributed by atoms with Crippen LogP contribution in [0, 0.1) is 6.92 Å².